The maximum absolute atomic E-state index is 10.6. The number of hydrogen-bond acceptors (Lipinski definition) is 3. The van der Waals surface area contributed by atoms with Crippen molar-refractivity contribution in [2.24, 2.45) is 5.92 Å². The van der Waals surface area contributed by atoms with Crippen LogP contribution in [-0.2, 0) is 14.3 Å². The molecule has 2 rings (SSSR count). The predicted molar refractivity (Wildman–Crippen MR) is 39.9 cm³/mol. The number of carbonyl (C=O) groups is 1. The van der Waals surface area contributed by atoms with E-state index in [9.17, 15) is 4.79 Å². The van der Waals surface area contributed by atoms with Gasteiger partial charge in [0.1, 0.15) is 5.60 Å². The quantitative estimate of drug-likeness (QED) is 0.616. The van der Waals surface area contributed by atoms with Crippen molar-refractivity contribution < 1.29 is 19.4 Å². The summed E-state index contributed by atoms with van der Waals surface area (Å²) in [6.07, 6.45) is 1.54. The van der Waals surface area contributed by atoms with Gasteiger partial charge in [-0.3, -0.25) is 4.79 Å². The molecule has 2 aliphatic rings. The summed E-state index contributed by atoms with van der Waals surface area (Å²) in [4.78, 5) is 10.6. The van der Waals surface area contributed by atoms with E-state index >= 15 is 0 Å². The second-order valence-corrected chi connectivity index (χ2v) is 3.56. The van der Waals surface area contributed by atoms with Gasteiger partial charge >= 0.3 is 5.97 Å². The Bertz CT molecular complexity index is 187. The van der Waals surface area contributed by atoms with E-state index in [2.05, 4.69) is 0 Å². The van der Waals surface area contributed by atoms with Gasteiger partial charge in [0.2, 0.25) is 0 Å². The Kier molecular flexibility index (Phi) is 1.81. The smallest absolute Gasteiger partial charge is 0.308 e. The van der Waals surface area contributed by atoms with Crippen molar-refractivity contribution in [1.82, 2.24) is 0 Å². The lowest BCUT2D eigenvalue weighted by molar-refractivity contribution is -0.236. The van der Waals surface area contributed by atoms with Gasteiger partial charge < -0.3 is 14.6 Å². The van der Waals surface area contributed by atoms with Crippen molar-refractivity contribution in [1.29, 1.82) is 0 Å². The molecular weight excluding hydrogens is 160 g/mol. The second-order valence-electron chi connectivity index (χ2n) is 3.56. The Balaban J connectivity index is 1.88. The molecule has 0 aliphatic carbocycles. The summed E-state index contributed by atoms with van der Waals surface area (Å²) in [5, 5.41) is 8.69. The first-order valence-electron chi connectivity index (χ1n) is 4.16. The Morgan fingerprint density at radius 3 is 2.58 bits per heavy atom. The largest absolute Gasteiger partial charge is 0.481 e. The normalized spacial score (nSPS) is 32.8. The summed E-state index contributed by atoms with van der Waals surface area (Å²) < 4.78 is 10.5. The highest BCUT2D eigenvalue weighted by molar-refractivity contribution is 5.70. The fourth-order valence-corrected chi connectivity index (χ4v) is 1.62. The Hall–Kier alpha value is -0.610. The molecule has 0 aromatic heterocycles. The molecule has 0 amide bonds. The highest BCUT2D eigenvalue weighted by atomic mass is 16.6. The van der Waals surface area contributed by atoms with Crippen LogP contribution >= 0.6 is 0 Å². The lowest BCUT2D eigenvalue weighted by Gasteiger charge is -2.45. The summed E-state index contributed by atoms with van der Waals surface area (Å²) in [5.74, 6) is -1.05. The summed E-state index contributed by atoms with van der Waals surface area (Å²) in [5.41, 5.74) is -0.119. The number of carboxylic acids is 1. The highest BCUT2D eigenvalue weighted by Crippen LogP contribution is 2.33. The number of aliphatic carboxylic acids is 1. The van der Waals surface area contributed by atoms with Crippen molar-refractivity contribution in [3.05, 3.63) is 0 Å². The van der Waals surface area contributed by atoms with Crippen LogP contribution in [-0.4, -0.2) is 36.5 Å². The molecule has 2 fully saturated rings. The molecule has 2 heterocycles. The predicted octanol–water partition coefficient (Wildman–Crippen LogP) is 0.267. The van der Waals surface area contributed by atoms with E-state index < -0.39 is 5.97 Å². The molecule has 12 heavy (non-hydrogen) atoms. The number of rotatable bonds is 1. The number of ether oxygens (including phenoxy) is 2. The number of carboxylic acid groups (broad SMARTS) is 1. The van der Waals surface area contributed by atoms with Crippen LogP contribution in [0, 0.1) is 5.92 Å². The van der Waals surface area contributed by atoms with Gasteiger partial charge in [-0.1, -0.05) is 0 Å². The zero-order chi connectivity index (χ0) is 8.60. The van der Waals surface area contributed by atoms with Crippen molar-refractivity contribution in [3.8, 4) is 0 Å². The summed E-state index contributed by atoms with van der Waals surface area (Å²) in [6, 6.07) is 0. The first-order chi connectivity index (χ1) is 5.72. The zero-order valence-electron chi connectivity index (χ0n) is 6.78. The fourth-order valence-electron chi connectivity index (χ4n) is 1.62. The Morgan fingerprint density at radius 2 is 2.25 bits per heavy atom. The average molecular weight is 172 g/mol. The van der Waals surface area contributed by atoms with Crippen LogP contribution in [0.5, 0.6) is 0 Å². The molecule has 1 atom stereocenters. The van der Waals surface area contributed by atoms with Crippen molar-refractivity contribution in [2.75, 3.05) is 19.8 Å². The molecule has 4 heteroatoms. The summed E-state index contributed by atoms with van der Waals surface area (Å²) >= 11 is 0. The van der Waals surface area contributed by atoms with E-state index in [1.807, 2.05) is 0 Å². The lowest BCUT2D eigenvalue weighted by atomic mass is 9.87. The molecule has 0 aromatic carbocycles. The van der Waals surface area contributed by atoms with Crippen LogP contribution in [0.25, 0.3) is 0 Å². The van der Waals surface area contributed by atoms with E-state index in [-0.39, 0.29) is 11.5 Å². The lowest BCUT2D eigenvalue weighted by Crippen LogP contribution is -2.55. The van der Waals surface area contributed by atoms with Crippen LogP contribution in [0.1, 0.15) is 12.8 Å². The third-order valence-corrected chi connectivity index (χ3v) is 2.62. The van der Waals surface area contributed by atoms with E-state index in [4.69, 9.17) is 14.6 Å². The van der Waals surface area contributed by atoms with Crippen molar-refractivity contribution in [3.63, 3.8) is 0 Å². The van der Waals surface area contributed by atoms with Gasteiger partial charge in [-0.25, -0.2) is 0 Å². The zero-order valence-corrected chi connectivity index (χ0v) is 6.78. The van der Waals surface area contributed by atoms with Gasteiger partial charge in [0, 0.05) is 0 Å². The second kappa shape index (κ2) is 2.71. The molecule has 2 saturated heterocycles. The Morgan fingerprint density at radius 1 is 1.50 bits per heavy atom. The van der Waals surface area contributed by atoms with Crippen LogP contribution < -0.4 is 0 Å². The first kappa shape index (κ1) is 8.01. The minimum Gasteiger partial charge on any atom is -0.481 e. The Labute approximate surface area is 70.5 Å². The van der Waals surface area contributed by atoms with E-state index in [0.29, 0.717) is 19.8 Å². The van der Waals surface area contributed by atoms with Crippen LogP contribution in [0.2, 0.25) is 0 Å². The van der Waals surface area contributed by atoms with E-state index in [1.54, 1.807) is 0 Å². The van der Waals surface area contributed by atoms with Gasteiger partial charge in [0.15, 0.2) is 0 Å². The van der Waals surface area contributed by atoms with Crippen LogP contribution in [0.4, 0.5) is 0 Å². The van der Waals surface area contributed by atoms with Gasteiger partial charge in [-0.15, -0.1) is 0 Å². The summed E-state index contributed by atoms with van der Waals surface area (Å²) in [6.45, 7) is 1.62. The monoisotopic (exact) mass is 172 g/mol. The molecule has 4 nitrogen and oxygen atoms in total. The minimum atomic E-state index is -0.745. The SMILES string of the molecule is O=C(O)C1CCC2(COC2)OC1. The van der Waals surface area contributed by atoms with E-state index in [1.165, 1.54) is 0 Å². The molecule has 0 bridgehead atoms. The van der Waals surface area contributed by atoms with Crippen LogP contribution in [0.3, 0.4) is 0 Å². The molecule has 1 N–H and O–H groups in total. The maximum atomic E-state index is 10.6. The topological polar surface area (TPSA) is 55.8 Å². The molecule has 1 unspecified atom stereocenters. The van der Waals surface area contributed by atoms with Crippen LogP contribution in [0.15, 0.2) is 0 Å². The van der Waals surface area contributed by atoms with Crippen molar-refractivity contribution in [2.45, 2.75) is 18.4 Å². The van der Waals surface area contributed by atoms with Gasteiger partial charge in [-0.05, 0) is 12.8 Å². The molecule has 0 aromatic rings. The maximum Gasteiger partial charge on any atom is 0.308 e. The van der Waals surface area contributed by atoms with Gasteiger partial charge in [0.05, 0.1) is 25.7 Å². The first-order valence-corrected chi connectivity index (χ1v) is 4.16. The molecular formula is C8H12O4. The highest BCUT2D eigenvalue weighted by Gasteiger charge is 2.44. The molecule has 0 radical (unpaired) electrons. The summed E-state index contributed by atoms with van der Waals surface area (Å²) in [7, 11) is 0. The van der Waals surface area contributed by atoms with Gasteiger partial charge in [0.25, 0.3) is 0 Å². The molecule has 0 saturated carbocycles. The minimum absolute atomic E-state index is 0.119. The third kappa shape index (κ3) is 1.21. The molecule has 1 spiro atoms. The average Bonchev–Trinajstić information content (AvgIpc) is 2.02. The third-order valence-electron chi connectivity index (χ3n) is 2.62. The molecule has 2 aliphatic heterocycles. The van der Waals surface area contributed by atoms with E-state index in [0.717, 1.165) is 12.8 Å². The molecule has 68 valence electrons. The number of hydrogen-bond donors (Lipinski definition) is 1. The van der Waals surface area contributed by atoms with Gasteiger partial charge in [-0.2, -0.15) is 0 Å². The van der Waals surface area contributed by atoms with Crippen molar-refractivity contribution >= 4 is 5.97 Å². The standard InChI is InChI=1S/C8H12O4/c9-7(10)6-1-2-8(12-3-6)4-11-5-8/h6H,1-5H2,(H,9,10). The fraction of sp³-hybridized carbons (Fsp3) is 0.875.